The first-order valence-corrected chi connectivity index (χ1v) is 7.05. The van der Waals surface area contributed by atoms with Crippen molar-refractivity contribution in [3.8, 4) is 17.6 Å². The molecule has 0 aromatic heterocycles. The number of hydrogen-bond donors (Lipinski definition) is 0. The molecule has 0 N–H and O–H groups in total. The van der Waals surface area contributed by atoms with Crippen LogP contribution in [0.15, 0.2) is 24.3 Å². The normalized spacial score (nSPS) is 17.5. The van der Waals surface area contributed by atoms with Crippen LogP contribution in [-0.2, 0) is 0 Å². The van der Waals surface area contributed by atoms with Crippen LogP contribution in [0.3, 0.4) is 0 Å². The summed E-state index contributed by atoms with van der Waals surface area (Å²) < 4.78 is 11.4. The monoisotopic (exact) mass is 259 g/mol. The van der Waals surface area contributed by atoms with Crippen molar-refractivity contribution in [2.45, 2.75) is 39.0 Å². The van der Waals surface area contributed by atoms with Crippen LogP contribution in [-0.4, -0.2) is 13.2 Å². The lowest BCUT2D eigenvalue weighted by Gasteiger charge is -2.30. The molecule has 0 aliphatic heterocycles. The quantitative estimate of drug-likeness (QED) is 0.804. The molecule has 0 radical (unpaired) electrons. The van der Waals surface area contributed by atoms with Crippen LogP contribution in [0.25, 0.3) is 0 Å². The van der Waals surface area contributed by atoms with Gasteiger partial charge in [0.05, 0.1) is 18.1 Å². The van der Waals surface area contributed by atoms with Gasteiger partial charge in [-0.15, -0.1) is 0 Å². The molecule has 1 aromatic rings. The second-order valence-electron chi connectivity index (χ2n) is 5.12. The molecular weight excluding hydrogens is 238 g/mol. The summed E-state index contributed by atoms with van der Waals surface area (Å²) in [6.07, 6.45) is 5.38. The third-order valence-corrected chi connectivity index (χ3v) is 3.70. The number of ether oxygens (including phenoxy) is 2. The van der Waals surface area contributed by atoms with Gasteiger partial charge >= 0.3 is 0 Å². The molecule has 0 bridgehead atoms. The largest absolute Gasteiger partial charge is 0.490 e. The van der Waals surface area contributed by atoms with Crippen LogP contribution >= 0.6 is 0 Å². The van der Waals surface area contributed by atoms with Gasteiger partial charge in [-0.25, -0.2) is 0 Å². The van der Waals surface area contributed by atoms with E-state index in [1.165, 1.54) is 6.42 Å². The van der Waals surface area contributed by atoms with Crippen LogP contribution in [0.5, 0.6) is 11.5 Å². The molecule has 0 unspecified atom stereocenters. The van der Waals surface area contributed by atoms with Crippen molar-refractivity contribution in [3.63, 3.8) is 0 Å². The van der Waals surface area contributed by atoms with Gasteiger partial charge in [0, 0.05) is 0 Å². The van der Waals surface area contributed by atoms with Gasteiger partial charge < -0.3 is 9.47 Å². The molecule has 1 aliphatic carbocycles. The predicted octanol–water partition coefficient (Wildman–Crippen LogP) is 3.94. The van der Waals surface area contributed by atoms with Crippen molar-refractivity contribution in [2.75, 3.05) is 13.2 Å². The molecule has 1 fully saturated rings. The van der Waals surface area contributed by atoms with E-state index in [4.69, 9.17) is 9.47 Å². The van der Waals surface area contributed by atoms with Gasteiger partial charge in [0.25, 0.3) is 0 Å². The summed E-state index contributed by atoms with van der Waals surface area (Å²) in [5.74, 6) is 1.50. The Labute approximate surface area is 115 Å². The minimum atomic E-state index is -0.308. The molecule has 1 aliphatic rings. The Morgan fingerprint density at radius 1 is 1.11 bits per heavy atom. The van der Waals surface area contributed by atoms with E-state index in [0.29, 0.717) is 13.2 Å². The Morgan fingerprint density at radius 3 is 2.32 bits per heavy atom. The Hall–Kier alpha value is -1.69. The van der Waals surface area contributed by atoms with Crippen LogP contribution in [0, 0.1) is 16.7 Å². The molecule has 1 aromatic carbocycles. The van der Waals surface area contributed by atoms with Gasteiger partial charge in [0.1, 0.15) is 6.61 Å². The van der Waals surface area contributed by atoms with Gasteiger partial charge in [-0.3, -0.25) is 0 Å². The molecule has 1 saturated carbocycles. The lowest BCUT2D eigenvalue weighted by Crippen LogP contribution is -2.29. The predicted molar refractivity (Wildman–Crippen MR) is 74.2 cm³/mol. The Balaban J connectivity index is 2.03. The summed E-state index contributed by atoms with van der Waals surface area (Å²) in [6.45, 7) is 3.03. The third kappa shape index (κ3) is 3.41. The number of rotatable bonds is 5. The van der Waals surface area contributed by atoms with Crippen LogP contribution in [0.1, 0.15) is 39.0 Å². The number of para-hydroxylation sites is 2. The third-order valence-electron chi connectivity index (χ3n) is 3.70. The van der Waals surface area contributed by atoms with Gasteiger partial charge in [-0.1, -0.05) is 31.4 Å². The van der Waals surface area contributed by atoms with Gasteiger partial charge in [0.2, 0.25) is 0 Å². The SMILES string of the molecule is CCOc1ccccc1OCC1(C#N)CCCCC1. The zero-order valence-corrected chi connectivity index (χ0v) is 11.5. The van der Waals surface area contributed by atoms with Crippen LogP contribution < -0.4 is 9.47 Å². The minimum absolute atomic E-state index is 0.308. The molecule has 3 nitrogen and oxygen atoms in total. The minimum Gasteiger partial charge on any atom is -0.490 e. The maximum Gasteiger partial charge on any atom is 0.161 e. The topological polar surface area (TPSA) is 42.2 Å². The van der Waals surface area contributed by atoms with E-state index < -0.39 is 0 Å². The van der Waals surface area contributed by atoms with Crippen molar-refractivity contribution >= 4 is 0 Å². The molecule has 102 valence electrons. The van der Waals surface area contributed by atoms with E-state index in [2.05, 4.69) is 6.07 Å². The molecule has 0 atom stereocenters. The summed E-state index contributed by atoms with van der Waals surface area (Å²) >= 11 is 0. The first-order valence-electron chi connectivity index (χ1n) is 7.05. The fraction of sp³-hybridized carbons (Fsp3) is 0.562. The molecule has 0 spiro atoms. The van der Waals surface area contributed by atoms with Crippen LogP contribution in [0.2, 0.25) is 0 Å². The van der Waals surface area contributed by atoms with Gasteiger partial charge in [0.15, 0.2) is 11.5 Å². The van der Waals surface area contributed by atoms with E-state index in [1.54, 1.807) is 0 Å². The maximum absolute atomic E-state index is 9.43. The summed E-state index contributed by atoms with van der Waals surface area (Å²) in [5, 5.41) is 9.43. The summed E-state index contributed by atoms with van der Waals surface area (Å²) in [4.78, 5) is 0. The lowest BCUT2D eigenvalue weighted by molar-refractivity contribution is 0.146. The zero-order chi connectivity index (χ0) is 13.6. The van der Waals surface area contributed by atoms with Crippen LogP contribution in [0.4, 0.5) is 0 Å². The average molecular weight is 259 g/mol. The first-order chi connectivity index (χ1) is 9.29. The highest BCUT2D eigenvalue weighted by molar-refractivity contribution is 5.39. The fourth-order valence-corrected chi connectivity index (χ4v) is 2.58. The second-order valence-corrected chi connectivity index (χ2v) is 5.12. The number of benzene rings is 1. The number of hydrogen-bond acceptors (Lipinski definition) is 3. The summed E-state index contributed by atoms with van der Waals surface area (Å²) in [7, 11) is 0. The molecule has 3 heteroatoms. The first kappa shape index (κ1) is 13.7. The fourth-order valence-electron chi connectivity index (χ4n) is 2.58. The highest BCUT2D eigenvalue weighted by atomic mass is 16.5. The van der Waals surface area contributed by atoms with Crippen molar-refractivity contribution in [3.05, 3.63) is 24.3 Å². The van der Waals surface area contributed by atoms with Crippen molar-refractivity contribution in [1.29, 1.82) is 5.26 Å². The Kier molecular flexibility index (Phi) is 4.68. The number of nitriles is 1. The van der Waals surface area contributed by atoms with E-state index in [9.17, 15) is 5.26 Å². The zero-order valence-electron chi connectivity index (χ0n) is 11.5. The number of nitrogens with zero attached hydrogens (tertiary/aromatic N) is 1. The average Bonchev–Trinajstić information content (AvgIpc) is 2.48. The molecule has 2 rings (SSSR count). The second kappa shape index (κ2) is 6.47. The van der Waals surface area contributed by atoms with Gasteiger partial charge in [-0.2, -0.15) is 5.26 Å². The molecule has 0 heterocycles. The highest BCUT2D eigenvalue weighted by Crippen LogP contribution is 2.37. The van der Waals surface area contributed by atoms with E-state index >= 15 is 0 Å². The van der Waals surface area contributed by atoms with Crippen molar-refractivity contribution in [2.24, 2.45) is 5.41 Å². The smallest absolute Gasteiger partial charge is 0.161 e. The molecule has 19 heavy (non-hydrogen) atoms. The maximum atomic E-state index is 9.43. The molecule has 0 amide bonds. The van der Waals surface area contributed by atoms with E-state index in [-0.39, 0.29) is 5.41 Å². The summed E-state index contributed by atoms with van der Waals surface area (Å²) in [5.41, 5.74) is -0.308. The highest BCUT2D eigenvalue weighted by Gasteiger charge is 2.33. The molecular formula is C16H21NO2. The Bertz CT molecular complexity index is 444. The van der Waals surface area contributed by atoms with E-state index in [1.807, 2.05) is 31.2 Å². The Morgan fingerprint density at radius 2 is 1.74 bits per heavy atom. The van der Waals surface area contributed by atoms with Crippen molar-refractivity contribution in [1.82, 2.24) is 0 Å². The molecule has 0 saturated heterocycles. The standard InChI is InChI=1S/C16H21NO2/c1-2-18-14-8-4-5-9-15(14)19-13-16(12-17)10-6-3-7-11-16/h4-5,8-9H,2-3,6-7,10-11,13H2,1H3. The lowest BCUT2D eigenvalue weighted by atomic mass is 9.76. The van der Waals surface area contributed by atoms with Crippen molar-refractivity contribution < 1.29 is 9.47 Å². The van der Waals surface area contributed by atoms with E-state index in [0.717, 1.165) is 37.2 Å². The summed E-state index contributed by atoms with van der Waals surface area (Å²) in [6, 6.07) is 10.1. The van der Waals surface area contributed by atoms with Gasteiger partial charge in [-0.05, 0) is 31.9 Å².